The molecule has 3 aromatic rings. The summed E-state index contributed by atoms with van der Waals surface area (Å²) in [6.45, 7) is 10.4. The maximum atomic E-state index is 13.3. The van der Waals surface area contributed by atoms with Gasteiger partial charge in [-0.1, -0.05) is 38.5 Å². The molecule has 0 bridgehead atoms. The molecule has 1 atom stereocenters. The monoisotopic (exact) mass is 395 g/mol. The molecule has 0 radical (unpaired) electrons. The molecule has 7 heteroatoms. The number of anilines is 2. The van der Waals surface area contributed by atoms with Crippen LogP contribution in [0.1, 0.15) is 32.8 Å². The quantitative estimate of drug-likeness (QED) is 0.681. The van der Waals surface area contributed by atoms with Gasteiger partial charge in [0.05, 0.1) is 0 Å². The highest BCUT2D eigenvalue weighted by Gasteiger charge is 2.29. The minimum atomic E-state index is -0.298. The highest BCUT2D eigenvalue weighted by Crippen LogP contribution is 2.32. The summed E-state index contributed by atoms with van der Waals surface area (Å²) in [5, 5.41) is 0. The third kappa shape index (κ3) is 3.28. The summed E-state index contributed by atoms with van der Waals surface area (Å²) < 4.78 is 4.88. The van der Waals surface area contributed by atoms with Crippen molar-refractivity contribution in [1.82, 2.24) is 18.7 Å². The molecule has 1 aliphatic rings. The maximum Gasteiger partial charge on any atom is 0.332 e. The van der Waals surface area contributed by atoms with Gasteiger partial charge in [-0.25, -0.2) is 4.79 Å². The zero-order valence-corrected chi connectivity index (χ0v) is 17.8. The first-order chi connectivity index (χ1) is 13.8. The topological polar surface area (TPSA) is 65.1 Å². The van der Waals surface area contributed by atoms with Gasteiger partial charge in [0.1, 0.15) is 0 Å². The van der Waals surface area contributed by atoms with Crippen LogP contribution in [0.15, 0.2) is 33.9 Å². The van der Waals surface area contributed by atoms with Crippen molar-refractivity contribution in [2.24, 2.45) is 18.9 Å². The zero-order valence-electron chi connectivity index (χ0n) is 17.8. The first-order valence-corrected chi connectivity index (χ1v) is 10.3. The van der Waals surface area contributed by atoms with Gasteiger partial charge in [-0.3, -0.25) is 13.9 Å². The second kappa shape index (κ2) is 7.21. The van der Waals surface area contributed by atoms with Gasteiger partial charge < -0.3 is 9.47 Å². The summed E-state index contributed by atoms with van der Waals surface area (Å²) >= 11 is 0. The molecule has 0 saturated heterocycles. The van der Waals surface area contributed by atoms with E-state index in [-0.39, 0.29) is 11.2 Å². The van der Waals surface area contributed by atoms with Crippen LogP contribution in [0.25, 0.3) is 11.2 Å². The normalized spacial score (nSPS) is 16.6. The van der Waals surface area contributed by atoms with Crippen LogP contribution in [0.3, 0.4) is 0 Å². The van der Waals surface area contributed by atoms with E-state index >= 15 is 0 Å². The molecule has 29 heavy (non-hydrogen) atoms. The number of imidazole rings is 1. The largest absolute Gasteiger partial charge is 0.332 e. The highest BCUT2D eigenvalue weighted by molar-refractivity contribution is 5.77. The van der Waals surface area contributed by atoms with Crippen LogP contribution < -0.4 is 16.1 Å². The fraction of sp³-hybridized carbons (Fsp3) is 0.500. The number of hydrogen-bond donors (Lipinski definition) is 0. The summed E-state index contributed by atoms with van der Waals surface area (Å²) in [4.78, 5) is 33.1. The predicted molar refractivity (Wildman–Crippen MR) is 116 cm³/mol. The average Bonchev–Trinajstić information content (AvgIpc) is 3.05. The number of hydrogen-bond acceptors (Lipinski definition) is 4. The van der Waals surface area contributed by atoms with Gasteiger partial charge in [-0.15, -0.1) is 0 Å². The van der Waals surface area contributed by atoms with Crippen molar-refractivity contribution in [2.75, 3.05) is 11.4 Å². The van der Waals surface area contributed by atoms with Crippen molar-refractivity contribution in [3.63, 3.8) is 0 Å². The Morgan fingerprint density at radius 1 is 1.14 bits per heavy atom. The van der Waals surface area contributed by atoms with Gasteiger partial charge in [-0.05, 0) is 37.3 Å². The van der Waals surface area contributed by atoms with Crippen LogP contribution in [0.5, 0.6) is 0 Å². The van der Waals surface area contributed by atoms with Crippen molar-refractivity contribution in [3.05, 3.63) is 50.7 Å². The fourth-order valence-electron chi connectivity index (χ4n) is 4.03. The molecular formula is C22H29N5O2. The van der Waals surface area contributed by atoms with Gasteiger partial charge in [0.15, 0.2) is 11.2 Å². The van der Waals surface area contributed by atoms with Crippen molar-refractivity contribution >= 4 is 22.8 Å². The first-order valence-electron chi connectivity index (χ1n) is 10.3. The van der Waals surface area contributed by atoms with E-state index in [1.165, 1.54) is 14.7 Å². The Labute approximate surface area is 170 Å². The lowest BCUT2D eigenvalue weighted by molar-refractivity contribution is 0.455. The number of nitrogens with zero attached hydrogens (tertiary/aromatic N) is 5. The Hall–Kier alpha value is -2.83. The minimum Gasteiger partial charge on any atom is -0.312 e. The summed E-state index contributed by atoms with van der Waals surface area (Å²) in [7, 11) is 1.70. The molecule has 0 unspecified atom stereocenters. The second-order valence-electron chi connectivity index (χ2n) is 8.73. The molecule has 0 amide bonds. The third-order valence-electron chi connectivity index (χ3n) is 5.72. The van der Waals surface area contributed by atoms with Crippen LogP contribution >= 0.6 is 0 Å². The number of benzene rings is 1. The Bertz CT molecular complexity index is 1170. The minimum absolute atomic E-state index is 0.236. The first kappa shape index (κ1) is 19.5. The average molecular weight is 396 g/mol. The Morgan fingerprint density at radius 2 is 1.83 bits per heavy atom. The summed E-state index contributed by atoms with van der Waals surface area (Å²) in [5.74, 6) is 1.50. The molecule has 0 spiro atoms. The molecule has 0 aliphatic carbocycles. The summed E-state index contributed by atoms with van der Waals surface area (Å²) in [6, 6.07) is 8.32. The molecule has 1 aromatic carbocycles. The number of aromatic nitrogens is 4. The molecule has 3 heterocycles. The van der Waals surface area contributed by atoms with Crippen molar-refractivity contribution in [1.29, 1.82) is 0 Å². The Kier molecular flexibility index (Phi) is 4.84. The lowest BCUT2D eigenvalue weighted by Gasteiger charge is -2.33. The van der Waals surface area contributed by atoms with Crippen LogP contribution in [-0.4, -0.2) is 25.2 Å². The molecule has 2 aromatic heterocycles. The maximum absolute atomic E-state index is 13.3. The molecule has 1 aliphatic heterocycles. The SMILES string of the molecule is Cc1ccc(N2C[C@H](C)Cn3c2nc2c3c(=O)n(CCC(C)C)c(=O)n2C)cc1. The summed E-state index contributed by atoms with van der Waals surface area (Å²) in [5.41, 5.74) is 2.69. The van der Waals surface area contributed by atoms with E-state index in [9.17, 15) is 9.59 Å². The lowest BCUT2D eigenvalue weighted by Crippen LogP contribution is -2.40. The van der Waals surface area contributed by atoms with Gasteiger partial charge in [-0.2, -0.15) is 4.98 Å². The van der Waals surface area contributed by atoms with Gasteiger partial charge in [0.2, 0.25) is 5.95 Å². The fourth-order valence-corrected chi connectivity index (χ4v) is 4.03. The van der Waals surface area contributed by atoms with E-state index in [1.54, 1.807) is 7.05 Å². The van der Waals surface area contributed by atoms with E-state index in [4.69, 9.17) is 4.98 Å². The Balaban J connectivity index is 1.94. The number of aryl methyl sites for hydroxylation is 2. The molecule has 0 N–H and O–H groups in total. The molecule has 4 rings (SSSR count). The van der Waals surface area contributed by atoms with Crippen molar-refractivity contribution in [2.45, 2.75) is 47.2 Å². The molecule has 154 valence electrons. The van der Waals surface area contributed by atoms with Crippen molar-refractivity contribution in [3.8, 4) is 0 Å². The predicted octanol–water partition coefficient (Wildman–Crippen LogP) is 3.04. The third-order valence-corrected chi connectivity index (χ3v) is 5.72. The van der Waals surface area contributed by atoms with Gasteiger partial charge in [0, 0.05) is 32.4 Å². The van der Waals surface area contributed by atoms with Crippen LogP contribution in [0, 0.1) is 18.8 Å². The standard InChI is InChI=1S/C22H29N5O2/c1-14(2)10-11-25-20(28)18-19(24(5)22(25)29)23-21-26(12-16(4)13-27(18)21)17-8-6-15(3)7-9-17/h6-9,14,16H,10-13H2,1-5H3/t16-/m0/s1. The highest BCUT2D eigenvalue weighted by atomic mass is 16.2. The second-order valence-corrected chi connectivity index (χ2v) is 8.73. The van der Waals surface area contributed by atoms with E-state index in [1.807, 2.05) is 4.57 Å². The van der Waals surface area contributed by atoms with E-state index in [0.29, 0.717) is 36.1 Å². The van der Waals surface area contributed by atoms with E-state index < -0.39 is 0 Å². The number of rotatable bonds is 4. The molecule has 7 nitrogen and oxygen atoms in total. The molecular weight excluding hydrogens is 366 g/mol. The summed E-state index contributed by atoms with van der Waals surface area (Å²) in [6.07, 6.45) is 0.785. The van der Waals surface area contributed by atoms with Crippen LogP contribution in [-0.2, 0) is 20.1 Å². The van der Waals surface area contributed by atoms with Crippen molar-refractivity contribution < 1.29 is 0 Å². The molecule has 0 fully saturated rings. The molecule has 0 saturated carbocycles. The van der Waals surface area contributed by atoms with Crippen LogP contribution in [0.2, 0.25) is 0 Å². The van der Waals surface area contributed by atoms with Crippen LogP contribution in [0.4, 0.5) is 11.6 Å². The smallest absolute Gasteiger partial charge is 0.312 e. The van der Waals surface area contributed by atoms with E-state index in [0.717, 1.165) is 24.6 Å². The lowest BCUT2D eigenvalue weighted by atomic mass is 10.1. The Morgan fingerprint density at radius 3 is 2.48 bits per heavy atom. The number of fused-ring (bicyclic) bond motifs is 3. The van der Waals surface area contributed by atoms with Gasteiger partial charge in [0.25, 0.3) is 5.56 Å². The van der Waals surface area contributed by atoms with Gasteiger partial charge >= 0.3 is 5.69 Å². The van der Waals surface area contributed by atoms with E-state index in [2.05, 4.69) is 56.9 Å². The zero-order chi connectivity index (χ0) is 20.9.